The first-order chi connectivity index (χ1) is 12.2. The predicted molar refractivity (Wildman–Crippen MR) is 91.6 cm³/mol. The summed E-state index contributed by atoms with van der Waals surface area (Å²) in [5.74, 6) is 0.490. The fourth-order valence-corrected chi connectivity index (χ4v) is 3.14. The van der Waals surface area contributed by atoms with Gasteiger partial charge in [-0.2, -0.15) is 5.10 Å². The van der Waals surface area contributed by atoms with Gasteiger partial charge in [0.2, 0.25) is 0 Å². The Morgan fingerprint density at radius 2 is 2.16 bits per heavy atom. The van der Waals surface area contributed by atoms with E-state index in [1.165, 1.54) is 0 Å². The van der Waals surface area contributed by atoms with Gasteiger partial charge in [-0.25, -0.2) is 9.97 Å². The first kappa shape index (κ1) is 15.4. The summed E-state index contributed by atoms with van der Waals surface area (Å²) in [5.41, 5.74) is 3.27. The van der Waals surface area contributed by atoms with Crippen LogP contribution in [0, 0.1) is 0 Å². The van der Waals surface area contributed by atoms with E-state index in [0.29, 0.717) is 11.5 Å². The third-order valence-corrected chi connectivity index (χ3v) is 4.43. The quantitative estimate of drug-likeness (QED) is 0.792. The molecule has 3 aromatic rings. The SMILES string of the molecule is Cn1nccc1C(=O)NC1CCCc2nc(-c3ccccn3)ncc21. The van der Waals surface area contributed by atoms with Crippen LogP contribution in [0.1, 0.15) is 40.6 Å². The molecule has 0 bridgehead atoms. The largest absolute Gasteiger partial charge is 0.344 e. The number of aryl methyl sites for hydroxylation is 2. The number of hydrogen-bond donors (Lipinski definition) is 1. The summed E-state index contributed by atoms with van der Waals surface area (Å²) in [4.78, 5) is 25.9. The van der Waals surface area contributed by atoms with Gasteiger partial charge in [0.1, 0.15) is 11.4 Å². The molecule has 1 aliphatic rings. The number of fused-ring (bicyclic) bond motifs is 1. The van der Waals surface area contributed by atoms with Crippen molar-refractivity contribution in [1.82, 2.24) is 30.0 Å². The van der Waals surface area contributed by atoms with E-state index in [0.717, 1.165) is 36.2 Å². The highest BCUT2D eigenvalue weighted by atomic mass is 16.2. The number of carbonyl (C=O) groups excluding carboxylic acids is 1. The van der Waals surface area contributed by atoms with Crippen molar-refractivity contribution in [2.24, 2.45) is 7.05 Å². The molecular formula is C18H18N6O. The number of rotatable bonds is 3. The fourth-order valence-electron chi connectivity index (χ4n) is 3.14. The number of carbonyl (C=O) groups is 1. The van der Waals surface area contributed by atoms with E-state index in [4.69, 9.17) is 0 Å². The Morgan fingerprint density at radius 3 is 2.92 bits per heavy atom. The lowest BCUT2D eigenvalue weighted by Crippen LogP contribution is -2.32. The maximum absolute atomic E-state index is 12.5. The number of nitrogens with zero attached hydrogens (tertiary/aromatic N) is 5. The van der Waals surface area contributed by atoms with Crippen LogP contribution in [0.4, 0.5) is 0 Å². The molecule has 0 fully saturated rings. The normalized spacial score (nSPS) is 16.3. The molecular weight excluding hydrogens is 316 g/mol. The van der Waals surface area contributed by atoms with E-state index in [2.05, 4.69) is 25.4 Å². The molecule has 0 aliphatic heterocycles. The van der Waals surface area contributed by atoms with Crippen molar-refractivity contribution < 1.29 is 4.79 Å². The van der Waals surface area contributed by atoms with E-state index < -0.39 is 0 Å². The molecule has 3 heterocycles. The van der Waals surface area contributed by atoms with E-state index >= 15 is 0 Å². The fraction of sp³-hybridized carbons (Fsp3) is 0.278. The molecule has 0 saturated carbocycles. The summed E-state index contributed by atoms with van der Waals surface area (Å²) in [6.45, 7) is 0. The minimum atomic E-state index is -0.133. The zero-order valence-electron chi connectivity index (χ0n) is 13.9. The molecule has 1 atom stereocenters. The molecule has 1 aliphatic carbocycles. The molecule has 1 unspecified atom stereocenters. The van der Waals surface area contributed by atoms with Crippen LogP contribution in [0.3, 0.4) is 0 Å². The molecule has 0 saturated heterocycles. The highest BCUT2D eigenvalue weighted by Crippen LogP contribution is 2.29. The average Bonchev–Trinajstić information content (AvgIpc) is 3.08. The summed E-state index contributed by atoms with van der Waals surface area (Å²) < 4.78 is 1.57. The highest BCUT2D eigenvalue weighted by molar-refractivity contribution is 5.92. The Kier molecular flexibility index (Phi) is 3.97. The van der Waals surface area contributed by atoms with Crippen molar-refractivity contribution in [3.8, 4) is 11.5 Å². The molecule has 126 valence electrons. The number of hydrogen-bond acceptors (Lipinski definition) is 5. The Hall–Kier alpha value is -3.09. The van der Waals surface area contributed by atoms with E-state index in [9.17, 15) is 4.79 Å². The second-order valence-electron chi connectivity index (χ2n) is 6.07. The van der Waals surface area contributed by atoms with Gasteiger partial charge in [-0.15, -0.1) is 0 Å². The Balaban J connectivity index is 1.60. The second-order valence-corrected chi connectivity index (χ2v) is 6.07. The van der Waals surface area contributed by atoms with Crippen LogP contribution < -0.4 is 5.32 Å². The van der Waals surface area contributed by atoms with E-state index in [1.807, 2.05) is 24.4 Å². The van der Waals surface area contributed by atoms with E-state index in [1.54, 1.807) is 30.2 Å². The van der Waals surface area contributed by atoms with Crippen molar-refractivity contribution in [3.63, 3.8) is 0 Å². The molecule has 0 radical (unpaired) electrons. The number of pyridine rings is 1. The lowest BCUT2D eigenvalue weighted by atomic mass is 9.92. The third kappa shape index (κ3) is 3.00. The first-order valence-corrected chi connectivity index (χ1v) is 8.28. The maximum Gasteiger partial charge on any atom is 0.270 e. The molecule has 3 aromatic heterocycles. The smallest absolute Gasteiger partial charge is 0.270 e. The summed E-state index contributed by atoms with van der Waals surface area (Å²) in [5, 5.41) is 7.13. The standard InChI is InChI=1S/C18H18N6O/c1-24-16(8-10-21-24)18(25)23-14-7-4-6-13-12(14)11-20-17(22-13)15-5-2-3-9-19-15/h2-3,5,8-11,14H,4,6-7H2,1H3,(H,23,25). The van der Waals surface area contributed by atoms with Crippen LogP contribution >= 0.6 is 0 Å². The van der Waals surface area contributed by atoms with Gasteiger partial charge in [0, 0.05) is 36.9 Å². The van der Waals surface area contributed by atoms with Crippen molar-refractivity contribution in [2.75, 3.05) is 0 Å². The minimum Gasteiger partial charge on any atom is -0.344 e. The number of amides is 1. The van der Waals surface area contributed by atoms with Gasteiger partial charge in [-0.05, 0) is 37.5 Å². The van der Waals surface area contributed by atoms with Gasteiger partial charge in [-0.1, -0.05) is 6.07 Å². The van der Waals surface area contributed by atoms with Gasteiger partial charge in [0.25, 0.3) is 5.91 Å². The Labute approximate surface area is 145 Å². The molecule has 0 spiro atoms. The summed E-state index contributed by atoms with van der Waals surface area (Å²) in [6.07, 6.45) is 7.90. The maximum atomic E-state index is 12.5. The Morgan fingerprint density at radius 1 is 1.24 bits per heavy atom. The third-order valence-electron chi connectivity index (χ3n) is 4.43. The molecule has 7 heteroatoms. The van der Waals surface area contributed by atoms with Gasteiger partial charge < -0.3 is 5.32 Å². The topological polar surface area (TPSA) is 85.6 Å². The van der Waals surface area contributed by atoms with Gasteiger partial charge in [0.05, 0.1) is 6.04 Å². The predicted octanol–water partition coefficient (Wildman–Crippen LogP) is 2.08. The molecule has 1 amide bonds. The van der Waals surface area contributed by atoms with Gasteiger partial charge in [-0.3, -0.25) is 14.5 Å². The summed E-state index contributed by atoms with van der Waals surface area (Å²) in [6, 6.07) is 7.31. The van der Waals surface area contributed by atoms with Gasteiger partial charge in [0.15, 0.2) is 5.82 Å². The highest BCUT2D eigenvalue weighted by Gasteiger charge is 2.25. The zero-order chi connectivity index (χ0) is 17.2. The van der Waals surface area contributed by atoms with Crippen LogP contribution in [-0.2, 0) is 13.5 Å². The second kappa shape index (κ2) is 6.43. The van der Waals surface area contributed by atoms with Crippen LogP contribution in [-0.4, -0.2) is 30.6 Å². The van der Waals surface area contributed by atoms with Crippen LogP contribution in [0.15, 0.2) is 42.9 Å². The Bertz CT molecular complexity index is 905. The summed E-state index contributed by atoms with van der Waals surface area (Å²) in [7, 11) is 1.76. The minimum absolute atomic E-state index is 0.0797. The lowest BCUT2D eigenvalue weighted by Gasteiger charge is -2.25. The van der Waals surface area contributed by atoms with Crippen LogP contribution in [0.5, 0.6) is 0 Å². The zero-order valence-corrected chi connectivity index (χ0v) is 13.9. The summed E-state index contributed by atoms with van der Waals surface area (Å²) >= 11 is 0. The van der Waals surface area contributed by atoms with Crippen molar-refractivity contribution in [3.05, 3.63) is 59.8 Å². The van der Waals surface area contributed by atoms with Crippen molar-refractivity contribution >= 4 is 5.91 Å². The molecule has 4 rings (SSSR count). The van der Waals surface area contributed by atoms with E-state index in [-0.39, 0.29) is 11.9 Å². The average molecular weight is 334 g/mol. The van der Waals surface area contributed by atoms with Crippen LogP contribution in [0.25, 0.3) is 11.5 Å². The number of nitrogens with one attached hydrogen (secondary N) is 1. The van der Waals surface area contributed by atoms with Crippen molar-refractivity contribution in [1.29, 1.82) is 0 Å². The number of aromatic nitrogens is 5. The van der Waals surface area contributed by atoms with Gasteiger partial charge >= 0.3 is 0 Å². The monoisotopic (exact) mass is 334 g/mol. The molecule has 7 nitrogen and oxygen atoms in total. The van der Waals surface area contributed by atoms with Crippen LogP contribution in [0.2, 0.25) is 0 Å². The molecule has 1 N–H and O–H groups in total. The first-order valence-electron chi connectivity index (χ1n) is 8.28. The lowest BCUT2D eigenvalue weighted by molar-refractivity contribution is 0.0923. The van der Waals surface area contributed by atoms with Crippen molar-refractivity contribution in [2.45, 2.75) is 25.3 Å². The molecule has 0 aromatic carbocycles. The molecule has 25 heavy (non-hydrogen) atoms.